The van der Waals surface area contributed by atoms with Gasteiger partial charge in [0.15, 0.2) is 0 Å². The Bertz CT molecular complexity index is 339. The number of rotatable bonds is 2. The molecule has 2 N–H and O–H groups in total. The Morgan fingerprint density at radius 3 is 3.00 bits per heavy atom. The number of nitrogens with zero attached hydrogens (tertiary/aromatic N) is 2. The number of nitrogens with one attached hydrogen (secondary N) is 1. The van der Waals surface area contributed by atoms with Crippen LogP contribution in [-0.2, 0) is 4.79 Å². The highest BCUT2D eigenvalue weighted by atomic mass is 16.3. The SMILES string of the molecule is C[C@@H]1N[C@H](C(=O)N2CCC[C@H]2C#N)C[C@@H]1CO. The van der Waals surface area contributed by atoms with E-state index in [0.29, 0.717) is 13.0 Å². The van der Waals surface area contributed by atoms with Gasteiger partial charge in [0, 0.05) is 19.2 Å². The Morgan fingerprint density at radius 1 is 1.65 bits per heavy atom. The van der Waals surface area contributed by atoms with Crippen molar-refractivity contribution < 1.29 is 9.90 Å². The van der Waals surface area contributed by atoms with Gasteiger partial charge in [0.2, 0.25) is 5.91 Å². The average molecular weight is 237 g/mol. The summed E-state index contributed by atoms with van der Waals surface area (Å²) in [6.07, 6.45) is 2.37. The predicted molar refractivity (Wildman–Crippen MR) is 61.9 cm³/mol. The van der Waals surface area contributed by atoms with Gasteiger partial charge in [-0.2, -0.15) is 5.26 Å². The molecule has 0 aromatic heterocycles. The van der Waals surface area contributed by atoms with Gasteiger partial charge >= 0.3 is 0 Å². The number of amides is 1. The summed E-state index contributed by atoms with van der Waals surface area (Å²) in [6.45, 7) is 2.78. The summed E-state index contributed by atoms with van der Waals surface area (Å²) in [6, 6.07) is 1.86. The molecule has 94 valence electrons. The van der Waals surface area contributed by atoms with Crippen molar-refractivity contribution in [3.8, 4) is 6.07 Å². The Balaban J connectivity index is 2.00. The average Bonchev–Trinajstić information content (AvgIpc) is 2.93. The smallest absolute Gasteiger partial charge is 0.240 e. The highest BCUT2D eigenvalue weighted by Gasteiger charge is 2.39. The van der Waals surface area contributed by atoms with Gasteiger partial charge < -0.3 is 15.3 Å². The van der Waals surface area contributed by atoms with Crippen LogP contribution >= 0.6 is 0 Å². The van der Waals surface area contributed by atoms with Crippen LogP contribution in [0.5, 0.6) is 0 Å². The number of nitriles is 1. The molecular formula is C12H19N3O2. The molecule has 1 amide bonds. The first-order valence-corrected chi connectivity index (χ1v) is 6.24. The highest BCUT2D eigenvalue weighted by Crippen LogP contribution is 2.24. The van der Waals surface area contributed by atoms with Gasteiger partial charge in [-0.3, -0.25) is 4.79 Å². The monoisotopic (exact) mass is 237 g/mol. The molecule has 2 fully saturated rings. The Kier molecular flexibility index (Phi) is 3.65. The first-order chi connectivity index (χ1) is 8.17. The fourth-order valence-corrected chi connectivity index (χ4v) is 2.80. The first-order valence-electron chi connectivity index (χ1n) is 6.24. The van der Waals surface area contributed by atoms with Crippen molar-refractivity contribution in [3.63, 3.8) is 0 Å². The van der Waals surface area contributed by atoms with Crippen molar-refractivity contribution in [2.24, 2.45) is 5.92 Å². The van der Waals surface area contributed by atoms with Gasteiger partial charge in [0.25, 0.3) is 0 Å². The van der Waals surface area contributed by atoms with Crippen LogP contribution in [0.25, 0.3) is 0 Å². The summed E-state index contributed by atoms with van der Waals surface area (Å²) in [5, 5.41) is 21.4. The van der Waals surface area contributed by atoms with Crippen molar-refractivity contribution >= 4 is 5.91 Å². The second-order valence-corrected chi connectivity index (χ2v) is 5.01. The molecule has 2 rings (SSSR count). The highest BCUT2D eigenvalue weighted by molar-refractivity contribution is 5.83. The topological polar surface area (TPSA) is 76.4 Å². The zero-order valence-electron chi connectivity index (χ0n) is 10.1. The molecule has 0 aromatic rings. The fraction of sp³-hybridized carbons (Fsp3) is 0.833. The lowest BCUT2D eigenvalue weighted by Crippen LogP contribution is -2.46. The second kappa shape index (κ2) is 5.03. The Morgan fingerprint density at radius 2 is 2.41 bits per heavy atom. The lowest BCUT2D eigenvalue weighted by atomic mass is 10.0. The number of aliphatic hydroxyl groups excluding tert-OH is 1. The molecule has 0 bridgehead atoms. The van der Waals surface area contributed by atoms with E-state index in [-0.39, 0.29) is 36.6 Å². The summed E-state index contributed by atoms with van der Waals surface area (Å²) >= 11 is 0. The van der Waals surface area contributed by atoms with Gasteiger partial charge in [-0.15, -0.1) is 0 Å². The fourth-order valence-electron chi connectivity index (χ4n) is 2.80. The van der Waals surface area contributed by atoms with Gasteiger partial charge in [-0.1, -0.05) is 0 Å². The summed E-state index contributed by atoms with van der Waals surface area (Å²) < 4.78 is 0. The summed E-state index contributed by atoms with van der Waals surface area (Å²) in [5.41, 5.74) is 0. The van der Waals surface area contributed by atoms with Crippen molar-refractivity contribution in [1.29, 1.82) is 5.26 Å². The van der Waals surface area contributed by atoms with Crippen LogP contribution < -0.4 is 5.32 Å². The van der Waals surface area contributed by atoms with E-state index in [1.54, 1.807) is 4.90 Å². The number of carbonyl (C=O) groups is 1. The van der Waals surface area contributed by atoms with E-state index >= 15 is 0 Å². The molecule has 4 atom stereocenters. The van der Waals surface area contributed by atoms with E-state index in [9.17, 15) is 9.90 Å². The molecule has 5 heteroatoms. The van der Waals surface area contributed by atoms with Crippen molar-refractivity contribution in [2.45, 2.75) is 44.3 Å². The minimum absolute atomic E-state index is 0.0249. The minimum atomic E-state index is -0.257. The molecule has 17 heavy (non-hydrogen) atoms. The molecule has 5 nitrogen and oxygen atoms in total. The van der Waals surface area contributed by atoms with Gasteiger partial charge in [-0.25, -0.2) is 0 Å². The molecule has 0 aliphatic carbocycles. The summed E-state index contributed by atoms with van der Waals surface area (Å²) in [4.78, 5) is 13.9. The second-order valence-electron chi connectivity index (χ2n) is 5.01. The number of hydrogen-bond donors (Lipinski definition) is 2. The third kappa shape index (κ3) is 2.28. The molecule has 0 radical (unpaired) electrons. The zero-order chi connectivity index (χ0) is 12.4. The van der Waals surface area contributed by atoms with Crippen molar-refractivity contribution in [3.05, 3.63) is 0 Å². The number of likely N-dealkylation sites (tertiary alicyclic amines) is 1. The van der Waals surface area contributed by atoms with Crippen LogP contribution in [0.15, 0.2) is 0 Å². The largest absolute Gasteiger partial charge is 0.396 e. The lowest BCUT2D eigenvalue weighted by molar-refractivity contribution is -0.133. The lowest BCUT2D eigenvalue weighted by Gasteiger charge is -2.23. The minimum Gasteiger partial charge on any atom is -0.396 e. The van der Waals surface area contributed by atoms with E-state index in [2.05, 4.69) is 11.4 Å². The zero-order valence-corrected chi connectivity index (χ0v) is 10.1. The van der Waals surface area contributed by atoms with Crippen molar-refractivity contribution in [2.75, 3.05) is 13.2 Å². The van der Waals surface area contributed by atoms with E-state index < -0.39 is 0 Å². The molecule has 2 aliphatic heterocycles. The third-order valence-electron chi connectivity index (χ3n) is 3.93. The maximum Gasteiger partial charge on any atom is 0.240 e. The molecule has 0 unspecified atom stereocenters. The number of carbonyl (C=O) groups excluding carboxylic acids is 1. The van der Waals surface area contributed by atoms with Crippen LogP contribution in [0.3, 0.4) is 0 Å². The van der Waals surface area contributed by atoms with E-state index in [1.807, 2.05) is 6.92 Å². The summed E-state index contributed by atoms with van der Waals surface area (Å²) in [7, 11) is 0. The Hall–Kier alpha value is -1.12. The quantitative estimate of drug-likeness (QED) is 0.701. The van der Waals surface area contributed by atoms with E-state index in [4.69, 9.17) is 5.26 Å². The predicted octanol–water partition coefficient (Wildman–Crippen LogP) is -0.140. The van der Waals surface area contributed by atoms with Crippen LogP contribution in [0.1, 0.15) is 26.2 Å². The maximum absolute atomic E-state index is 12.3. The number of aliphatic hydroxyl groups is 1. The van der Waals surface area contributed by atoms with Crippen LogP contribution in [0.4, 0.5) is 0 Å². The first kappa shape index (κ1) is 12.3. The molecule has 0 aromatic carbocycles. The standard InChI is InChI=1S/C12H19N3O2/c1-8-9(7-16)5-11(14-8)12(17)15-4-2-3-10(15)6-13/h8-11,14,16H,2-5,7H2,1H3/t8-,9+,10-,11-/m0/s1. The molecular weight excluding hydrogens is 218 g/mol. The molecule has 2 saturated heterocycles. The normalized spacial score (nSPS) is 37.1. The summed E-state index contributed by atoms with van der Waals surface area (Å²) in [5.74, 6) is 0.170. The molecule has 2 aliphatic rings. The molecule has 2 heterocycles. The van der Waals surface area contributed by atoms with Gasteiger partial charge in [0.1, 0.15) is 6.04 Å². The van der Waals surface area contributed by atoms with Crippen LogP contribution in [0, 0.1) is 17.2 Å². The van der Waals surface area contributed by atoms with Gasteiger partial charge in [0.05, 0.1) is 12.1 Å². The van der Waals surface area contributed by atoms with Gasteiger partial charge in [-0.05, 0) is 32.1 Å². The van der Waals surface area contributed by atoms with Crippen molar-refractivity contribution in [1.82, 2.24) is 10.2 Å². The van der Waals surface area contributed by atoms with Crippen LogP contribution in [-0.4, -0.2) is 47.2 Å². The molecule has 0 spiro atoms. The maximum atomic E-state index is 12.3. The Labute approximate surface area is 101 Å². The molecule has 0 saturated carbocycles. The van der Waals surface area contributed by atoms with E-state index in [1.165, 1.54) is 0 Å². The van der Waals surface area contributed by atoms with Crippen LogP contribution in [0.2, 0.25) is 0 Å². The number of hydrogen-bond acceptors (Lipinski definition) is 4. The third-order valence-corrected chi connectivity index (χ3v) is 3.93. The van der Waals surface area contributed by atoms with E-state index in [0.717, 1.165) is 12.8 Å².